The Bertz CT molecular complexity index is 345. The lowest BCUT2D eigenvalue weighted by Crippen LogP contribution is -2.58. The van der Waals surface area contributed by atoms with Crippen LogP contribution < -0.4 is 0 Å². The second-order valence-electron chi connectivity index (χ2n) is 5.45. The molecule has 0 saturated carbocycles. The number of carbonyl (C=O) groups is 2. The predicted octanol–water partition coefficient (Wildman–Crippen LogP) is 1.39. The van der Waals surface area contributed by atoms with Gasteiger partial charge in [-0.25, -0.2) is 4.79 Å². The fourth-order valence-electron chi connectivity index (χ4n) is 2.58. The third-order valence-electron chi connectivity index (χ3n) is 4.27. The van der Waals surface area contributed by atoms with E-state index in [9.17, 15) is 9.59 Å². The van der Waals surface area contributed by atoms with Crippen molar-refractivity contribution in [2.45, 2.75) is 39.2 Å². The first kappa shape index (κ1) is 12.2. The van der Waals surface area contributed by atoms with Gasteiger partial charge < -0.3 is 10.0 Å². The molecule has 96 valence electrons. The van der Waals surface area contributed by atoms with E-state index in [-0.39, 0.29) is 11.3 Å². The molecular weight excluding hydrogens is 220 g/mol. The summed E-state index contributed by atoms with van der Waals surface area (Å²) in [5.74, 6) is -0.00387. The normalized spacial score (nSPS) is 32.5. The van der Waals surface area contributed by atoms with Gasteiger partial charge in [-0.2, -0.15) is 0 Å². The van der Waals surface area contributed by atoms with Crippen molar-refractivity contribution in [3.63, 3.8) is 0 Å². The lowest BCUT2D eigenvalue weighted by Gasteiger charge is -2.39. The number of hydrogen-bond donors (Lipinski definition) is 1. The van der Waals surface area contributed by atoms with Crippen LogP contribution in [0.5, 0.6) is 0 Å². The van der Waals surface area contributed by atoms with Crippen molar-refractivity contribution < 1.29 is 14.7 Å². The highest BCUT2D eigenvalue weighted by Gasteiger charge is 2.43. The zero-order valence-electron chi connectivity index (χ0n) is 10.5. The number of carboxylic acid groups (broad SMARTS) is 1. The molecule has 0 radical (unpaired) electrons. The summed E-state index contributed by atoms with van der Waals surface area (Å²) in [5.41, 5.74) is 0.216. The first-order valence-electron chi connectivity index (χ1n) is 6.25. The van der Waals surface area contributed by atoms with Gasteiger partial charge in [0.05, 0.1) is 0 Å². The summed E-state index contributed by atoms with van der Waals surface area (Å²) < 4.78 is 0. The van der Waals surface area contributed by atoms with Gasteiger partial charge in [0.2, 0.25) is 5.91 Å². The molecule has 5 heteroatoms. The maximum atomic E-state index is 12.2. The van der Waals surface area contributed by atoms with E-state index in [0.29, 0.717) is 13.0 Å². The number of nitrogens with zero attached hydrogens (tertiary/aromatic N) is 2. The van der Waals surface area contributed by atoms with Crippen LogP contribution in [0.3, 0.4) is 0 Å². The van der Waals surface area contributed by atoms with Gasteiger partial charge in [-0.15, -0.1) is 0 Å². The highest BCUT2D eigenvalue weighted by Crippen LogP contribution is 2.34. The van der Waals surface area contributed by atoms with Crippen LogP contribution in [-0.4, -0.2) is 52.6 Å². The summed E-state index contributed by atoms with van der Waals surface area (Å²) in [6.45, 7) is 6.36. The van der Waals surface area contributed by atoms with E-state index in [1.54, 1.807) is 0 Å². The van der Waals surface area contributed by atoms with Gasteiger partial charge in [0.25, 0.3) is 0 Å². The van der Waals surface area contributed by atoms with Gasteiger partial charge in [-0.05, 0) is 24.7 Å². The number of rotatable bonds is 2. The van der Waals surface area contributed by atoms with Crippen LogP contribution in [-0.2, 0) is 4.79 Å². The minimum Gasteiger partial charge on any atom is -0.465 e. The molecule has 17 heavy (non-hydrogen) atoms. The smallest absolute Gasteiger partial charge is 0.407 e. The Morgan fingerprint density at radius 3 is 2.53 bits per heavy atom. The third-order valence-corrected chi connectivity index (χ3v) is 4.27. The van der Waals surface area contributed by atoms with Gasteiger partial charge >= 0.3 is 6.09 Å². The van der Waals surface area contributed by atoms with E-state index < -0.39 is 12.1 Å². The molecule has 2 fully saturated rings. The van der Waals surface area contributed by atoms with Crippen molar-refractivity contribution in [2.75, 3.05) is 19.6 Å². The maximum absolute atomic E-state index is 12.2. The minimum absolute atomic E-state index is 0.00387. The summed E-state index contributed by atoms with van der Waals surface area (Å²) in [6.07, 6.45) is 1.77. The minimum atomic E-state index is -0.980. The quantitative estimate of drug-likeness (QED) is 0.793. The summed E-state index contributed by atoms with van der Waals surface area (Å²) in [7, 11) is 0. The highest BCUT2D eigenvalue weighted by atomic mass is 16.4. The number of likely N-dealkylation sites (tertiary alicyclic amines) is 2. The average Bonchev–Trinajstić information content (AvgIpc) is 2.59. The van der Waals surface area contributed by atoms with Crippen molar-refractivity contribution in [1.82, 2.24) is 9.80 Å². The Hall–Kier alpha value is -1.26. The monoisotopic (exact) mass is 240 g/mol. The van der Waals surface area contributed by atoms with Gasteiger partial charge in [-0.1, -0.05) is 13.8 Å². The fraction of sp³-hybridized carbons (Fsp3) is 0.833. The summed E-state index contributed by atoms with van der Waals surface area (Å²) in [4.78, 5) is 26.1. The molecule has 5 nitrogen and oxygen atoms in total. The molecule has 2 saturated heterocycles. The first-order valence-corrected chi connectivity index (χ1v) is 6.25. The molecule has 0 aromatic heterocycles. The fourth-order valence-corrected chi connectivity index (χ4v) is 2.58. The molecule has 2 atom stereocenters. The topological polar surface area (TPSA) is 60.9 Å². The molecule has 1 N–H and O–H groups in total. The van der Waals surface area contributed by atoms with Crippen LogP contribution in [0.15, 0.2) is 0 Å². The summed E-state index contributed by atoms with van der Waals surface area (Å²) >= 11 is 0. The van der Waals surface area contributed by atoms with E-state index in [2.05, 4.69) is 13.8 Å². The third kappa shape index (κ3) is 2.10. The number of carbonyl (C=O) groups excluding carboxylic acids is 1. The Balaban J connectivity index is 1.96. The van der Waals surface area contributed by atoms with Crippen LogP contribution in [0.2, 0.25) is 0 Å². The molecule has 2 aliphatic heterocycles. The second kappa shape index (κ2) is 4.20. The van der Waals surface area contributed by atoms with Gasteiger partial charge in [0.1, 0.15) is 6.04 Å². The molecular formula is C12H20N2O3. The van der Waals surface area contributed by atoms with Crippen molar-refractivity contribution in [3.05, 3.63) is 0 Å². The molecule has 0 bridgehead atoms. The van der Waals surface area contributed by atoms with Crippen molar-refractivity contribution in [3.8, 4) is 0 Å². The van der Waals surface area contributed by atoms with E-state index in [1.807, 2.05) is 4.90 Å². The SMILES string of the molecule is CCC1(C)CCN(C(=O)C2CCN2C(=O)O)C1. The van der Waals surface area contributed by atoms with Gasteiger partial charge in [0, 0.05) is 19.6 Å². The van der Waals surface area contributed by atoms with Gasteiger partial charge in [0.15, 0.2) is 0 Å². The Kier molecular flexibility index (Phi) is 3.02. The predicted molar refractivity (Wildman–Crippen MR) is 62.7 cm³/mol. The van der Waals surface area contributed by atoms with Crippen LogP contribution in [0.1, 0.15) is 33.1 Å². The van der Waals surface area contributed by atoms with Crippen molar-refractivity contribution >= 4 is 12.0 Å². The van der Waals surface area contributed by atoms with Crippen LogP contribution in [0, 0.1) is 5.41 Å². The summed E-state index contributed by atoms with van der Waals surface area (Å²) in [5, 5.41) is 8.90. The lowest BCUT2D eigenvalue weighted by atomic mass is 9.87. The zero-order valence-corrected chi connectivity index (χ0v) is 10.5. The second-order valence-corrected chi connectivity index (χ2v) is 5.45. The molecule has 0 spiro atoms. The van der Waals surface area contributed by atoms with Gasteiger partial charge in [-0.3, -0.25) is 9.69 Å². The molecule has 0 aliphatic carbocycles. The maximum Gasteiger partial charge on any atom is 0.407 e. The van der Waals surface area contributed by atoms with Crippen LogP contribution in [0.25, 0.3) is 0 Å². The molecule has 2 rings (SSSR count). The van der Waals surface area contributed by atoms with E-state index >= 15 is 0 Å². The highest BCUT2D eigenvalue weighted by molar-refractivity contribution is 5.87. The average molecular weight is 240 g/mol. The Labute approximate surface area is 101 Å². The molecule has 2 aliphatic rings. The molecule has 2 unspecified atom stereocenters. The van der Waals surface area contributed by atoms with E-state index in [1.165, 1.54) is 4.90 Å². The number of hydrogen-bond acceptors (Lipinski definition) is 2. The Morgan fingerprint density at radius 2 is 2.12 bits per heavy atom. The molecule has 0 aromatic rings. The van der Waals surface area contributed by atoms with E-state index in [0.717, 1.165) is 25.9 Å². The zero-order chi connectivity index (χ0) is 12.6. The lowest BCUT2D eigenvalue weighted by molar-refractivity contribution is -0.139. The van der Waals surface area contributed by atoms with Crippen LogP contribution in [0.4, 0.5) is 4.79 Å². The molecule has 2 heterocycles. The van der Waals surface area contributed by atoms with E-state index in [4.69, 9.17) is 5.11 Å². The first-order chi connectivity index (χ1) is 7.97. The Morgan fingerprint density at radius 1 is 1.41 bits per heavy atom. The number of amides is 2. The summed E-state index contributed by atoms with van der Waals surface area (Å²) in [6, 6.07) is -0.424. The van der Waals surface area contributed by atoms with Crippen molar-refractivity contribution in [2.24, 2.45) is 5.41 Å². The standard InChI is InChI=1S/C12H20N2O3/c1-3-12(2)5-7-13(8-12)10(15)9-4-6-14(9)11(16)17/h9H,3-8H2,1-2H3,(H,16,17). The molecule has 2 amide bonds. The largest absolute Gasteiger partial charge is 0.465 e. The molecule has 0 aromatic carbocycles. The van der Waals surface area contributed by atoms with Crippen LogP contribution >= 0.6 is 0 Å². The van der Waals surface area contributed by atoms with Crippen molar-refractivity contribution in [1.29, 1.82) is 0 Å².